The molecule has 0 saturated heterocycles. The molecule has 3 heterocycles. The fourth-order valence-corrected chi connectivity index (χ4v) is 3.55. The van der Waals surface area contributed by atoms with E-state index >= 15 is 0 Å². The van der Waals surface area contributed by atoms with Gasteiger partial charge < -0.3 is 14.8 Å². The molecule has 1 aliphatic rings. The largest absolute Gasteiger partial charge is 0.486 e. The monoisotopic (exact) mass is 379 g/mol. The summed E-state index contributed by atoms with van der Waals surface area (Å²) in [5.74, 6) is 1.70. The Bertz CT molecular complexity index is 994. The SMILES string of the molecule is Cc1cccc(NC(=O)c2cccnc2Sc2ccc3c(c2)OCCO3)n1. The molecule has 0 saturated carbocycles. The molecule has 0 fully saturated rings. The van der Waals surface area contributed by atoms with Crippen molar-refractivity contribution in [2.75, 3.05) is 18.5 Å². The first-order valence-corrected chi connectivity index (χ1v) is 9.28. The molecule has 6 nitrogen and oxygen atoms in total. The molecule has 0 bridgehead atoms. The van der Waals surface area contributed by atoms with E-state index in [0.717, 1.165) is 16.3 Å². The lowest BCUT2D eigenvalue weighted by Gasteiger charge is -2.18. The first-order chi connectivity index (χ1) is 13.2. The topological polar surface area (TPSA) is 73.3 Å². The number of aromatic nitrogens is 2. The second-order valence-corrected chi connectivity index (χ2v) is 6.94. The van der Waals surface area contributed by atoms with Gasteiger partial charge in [0.25, 0.3) is 5.91 Å². The van der Waals surface area contributed by atoms with E-state index in [1.807, 2.05) is 37.3 Å². The Balaban J connectivity index is 1.57. The molecule has 1 N–H and O–H groups in total. The van der Waals surface area contributed by atoms with Crippen molar-refractivity contribution < 1.29 is 14.3 Å². The van der Waals surface area contributed by atoms with E-state index in [0.29, 0.717) is 35.4 Å². The van der Waals surface area contributed by atoms with Crippen LogP contribution in [-0.2, 0) is 0 Å². The van der Waals surface area contributed by atoms with Crippen LogP contribution in [0.15, 0.2) is 64.6 Å². The number of nitrogens with one attached hydrogen (secondary N) is 1. The van der Waals surface area contributed by atoms with E-state index in [-0.39, 0.29) is 5.91 Å². The maximum absolute atomic E-state index is 12.7. The molecule has 27 heavy (non-hydrogen) atoms. The molecule has 4 rings (SSSR count). The average Bonchev–Trinajstić information content (AvgIpc) is 2.68. The van der Waals surface area contributed by atoms with Gasteiger partial charge in [0.15, 0.2) is 11.5 Å². The van der Waals surface area contributed by atoms with Gasteiger partial charge in [-0.15, -0.1) is 0 Å². The summed E-state index contributed by atoms with van der Waals surface area (Å²) < 4.78 is 11.2. The number of anilines is 1. The Labute approximate surface area is 161 Å². The van der Waals surface area contributed by atoms with Gasteiger partial charge in [0, 0.05) is 16.8 Å². The smallest absolute Gasteiger partial charge is 0.259 e. The molecular formula is C20H17N3O3S. The Hall–Kier alpha value is -3.06. The second kappa shape index (κ2) is 7.67. The van der Waals surface area contributed by atoms with Crippen LogP contribution in [0.25, 0.3) is 0 Å². The molecule has 1 amide bonds. The summed E-state index contributed by atoms with van der Waals surface area (Å²) >= 11 is 1.40. The molecule has 0 unspecified atom stereocenters. The molecule has 1 aliphatic heterocycles. The number of nitrogens with zero attached hydrogens (tertiary/aromatic N) is 2. The van der Waals surface area contributed by atoms with Crippen LogP contribution in [0.4, 0.5) is 5.82 Å². The molecule has 0 aliphatic carbocycles. The number of carbonyl (C=O) groups is 1. The summed E-state index contributed by atoms with van der Waals surface area (Å²) in [6, 6.07) is 14.7. The van der Waals surface area contributed by atoms with Gasteiger partial charge in [-0.05, 0) is 49.4 Å². The molecule has 0 radical (unpaired) electrons. The summed E-state index contributed by atoms with van der Waals surface area (Å²) in [6.45, 7) is 2.96. The average molecular weight is 379 g/mol. The van der Waals surface area contributed by atoms with E-state index in [1.165, 1.54) is 11.8 Å². The number of rotatable bonds is 4. The van der Waals surface area contributed by atoms with Gasteiger partial charge in [-0.3, -0.25) is 4.79 Å². The number of fused-ring (bicyclic) bond motifs is 1. The molecule has 2 aromatic heterocycles. The van der Waals surface area contributed by atoms with Crippen molar-refractivity contribution in [2.45, 2.75) is 16.8 Å². The van der Waals surface area contributed by atoms with E-state index in [4.69, 9.17) is 9.47 Å². The van der Waals surface area contributed by atoms with E-state index < -0.39 is 0 Å². The van der Waals surface area contributed by atoms with Crippen molar-refractivity contribution in [3.8, 4) is 11.5 Å². The minimum atomic E-state index is -0.249. The Morgan fingerprint density at radius 1 is 1.07 bits per heavy atom. The Morgan fingerprint density at radius 2 is 1.93 bits per heavy atom. The van der Waals surface area contributed by atoms with E-state index in [2.05, 4.69) is 15.3 Å². The zero-order chi connectivity index (χ0) is 18.6. The van der Waals surface area contributed by atoms with Crippen LogP contribution >= 0.6 is 11.8 Å². The number of aryl methyl sites for hydroxylation is 1. The quantitative estimate of drug-likeness (QED) is 0.740. The predicted octanol–water partition coefficient (Wildman–Crippen LogP) is 3.96. The van der Waals surface area contributed by atoms with Crippen LogP contribution in [0.1, 0.15) is 16.1 Å². The third-order valence-corrected chi connectivity index (χ3v) is 4.88. The summed E-state index contributed by atoms with van der Waals surface area (Å²) in [5.41, 5.74) is 1.32. The Morgan fingerprint density at radius 3 is 2.78 bits per heavy atom. The molecule has 136 valence electrons. The van der Waals surface area contributed by atoms with Crippen LogP contribution < -0.4 is 14.8 Å². The highest BCUT2D eigenvalue weighted by molar-refractivity contribution is 7.99. The zero-order valence-electron chi connectivity index (χ0n) is 14.6. The number of carbonyl (C=O) groups excluding carboxylic acids is 1. The van der Waals surface area contributed by atoms with Crippen molar-refractivity contribution in [3.05, 3.63) is 66.0 Å². The van der Waals surface area contributed by atoms with Gasteiger partial charge in [-0.2, -0.15) is 0 Å². The number of pyridine rings is 2. The fourth-order valence-electron chi connectivity index (χ4n) is 2.64. The number of amides is 1. The van der Waals surface area contributed by atoms with E-state index in [9.17, 15) is 4.79 Å². The Kier molecular flexibility index (Phi) is 4.93. The molecule has 0 atom stereocenters. The van der Waals surface area contributed by atoms with Crippen molar-refractivity contribution >= 4 is 23.5 Å². The zero-order valence-corrected chi connectivity index (χ0v) is 15.5. The van der Waals surface area contributed by atoms with Crippen molar-refractivity contribution in [1.29, 1.82) is 0 Å². The number of ether oxygens (including phenoxy) is 2. The highest BCUT2D eigenvalue weighted by Crippen LogP contribution is 2.37. The van der Waals surface area contributed by atoms with Crippen molar-refractivity contribution in [3.63, 3.8) is 0 Å². The van der Waals surface area contributed by atoms with Gasteiger partial charge in [-0.1, -0.05) is 17.8 Å². The lowest BCUT2D eigenvalue weighted by Crippen LogP contribution is -2.15. The summed E-state index contributed by atoms with van der Waals surface area (Å²) in [6.07, 6.45) is 1.67. The van der Waals surface area contributed by atoms with Crippen LogP contribution in [0.2, 0.25) is 0 Å². The van der Waals surface area contributed by atoms with Gasteiger partial charge >= 0.3 is 0 Å². The molecule has 3 aromatic rings. The second-order valence-electron chi connectivity index (χ2n) is 5.88. The number of hydrogen-bond acceptors (Lipinski definition) is 6. The van der Waals surface area contributed by atoms with Gasteiger partial charge in [0.05, 0.1) is 5.56 Å². The number of benzene rings is 1. The molecular weight excluding hydrogens is 362 g/mol. The van der Waals surface area contributed by atoms with Crippen LogP contribution in [0.5, 0.6) is 11.5 Å². The first-order valence-electron chi connectivity index (χ1n) is 8.46. The normalized spacial score (nSPS) is 12.5. The van der Waals surface area contributed by atoms with Crippen molar-refractivity contribution in [1.82, 2.24) is 9.97 Å². The van der Waals surface area contributed by atoms with Gasteiger partial charge in [0.1, 0.15) is 24.1 Å². The van der Waals surface area contributed by atoms with Gasteiger partial charge in [0.2, 0.25) is 0 Å². The van der Waals surface area contributed by atoms with Crippen LogP contribution in [-0.4, -0.2) is 29.1 Å². The highest BCUT2D eigenvalue weighted by Gasteiger charge is 2.16. The third-order valence-electron chi connectivity index (χ3n) is 3.87. The minimum Gasteiger partial charge on any atom is -0.486 e. The first kappa shape index (κ1) is 17.4. The maximum atomic E-state index is 12.7. The molecule has 0 spiro atoms. The van der Waals surface area contributed by atoms with Crippen LogP contribution in [0.3, 0.4) is 0 Å². The lowest BCUT2D eigenvalue weighted by atomic mass is 10.2. The lowest BCUT2D eigenvalue weighted by molar-refractivity contribution is 0.102. The van der Waals surface area contributed by atoms with Gasteiger partial charge in [-0.25, -0.2) is 9.97 Å². The summed E-state index contributed by atoms with van der Waals surface area (Å²) in [4.78, 5) is 22.3. The standard InChI is InChI=1S/C20H17N3O3S/c1-13-4-2-6-18(22-13)23-19(24)15-5-3-9-21-20(15)27-14-7-8-16-17(12-14)26-11-10-25-16/h2-9,12H,10-11H2,1H3,(H,22,23,24). The predicted molar refractivity (Wildman–Crippen MR) is 103 cm³/mol. The highest BCUT2D eigenvalue weighted by atomic mass is 32.2. The third kappa shape index (κ3) is 4.03. The maximum Gasteiger partial charge on any atom is 0.259 e. The summed E-state index contributed by atoms with van der Waals surface area (Å²) in [5, 5.41) is 3.44. The molecule has 7 heteroatoms. The fraction of sp³-hybridized carbons (Fsp3) is 0.150. The minimum absolute atomic E-state index is 0.249. The molecule has 1 aromatic carbocycles. The summed E-state index contributed by atoms with van der Waals surface area (Å²) in [7, 11) is 0. The van der Waals surface area contributed by atoms with Crippen LogP contribution in [0, 0.1) is 6.92 Å². The van der Waals surface area contributed by atoms with E-state index in [1.54, 1.807) is 24.4 Å². The number of hydrogen-bond donors (Lipinski definition) is 1. The van der Waals surface area contributed by atoms with Crippen molar-refractivity contribution in [2.24, 2.45) is 0 Å².